The summed E-state index contributed by atoms with van der Waals surface area (Å²) in [6.45, 7) is 2.96. The summed E-state index contributed by atoms with van der Waals surface area (Å²) in [5, 5.41) is 5.46. The molecule has 2 rings (SSSR count). The average Bonchev–Trinajstić information content (AvgIpc) is 2.73. The minimum absolute atomic E-state index is 0.0700. The second-order valence-corrected chi connectivity index (χ2v) is 5.03. The van der Waals surface area contributed by atoms with Gasteiger partial charge in [-0.2, -0.15) is 0 Å². The lowest BCUT2D eigenvalue weighted by molar-refractivity contribution is 0.604. The first-order chi connectivity index (χ1) is 7.83. The molecule has 0 aliphatic heterocycles. The van der Waals surface area contributed by atoms with Gasteiger partial charge in [-0.05, 0) is 40.0 Å². The predicted molar refractivity (Wildman–Crippen MR) is 69.6 cm³/mol. The van der Waals surface area contributed by atoms with E-state index in [0.717, 1.165) is 16.8 Å². The lowest BCUT2D eigenvalue weighted by atomic mass is 10.2. The van der Waals surface area contributed by atoms with Crippen molar-refractivity contribution >= 4 is 27.3 Å². The molecular formula is C11H12BrN3S. The van der Waals surface area contributed by atoms with Crippen molar-refractivity contribution < 1.29 is 0 Å². The van der Waals surface area contributed by atoms with Crippen LogP contribution in [0.5, 0.6) is 0 Å². The molecule has 0 aromatic carbocycles. The van der Waals surface area contributed by atoms with Crippen LogP contribution in [0, 0.1) is 0 Å². The highest BCUT2D eigenvalue weighted by Gasteiger charge is 2.19. The molecule has 1 N–H and O–H groups in total. The Labute approximate surface area is 107 Å². The summed E-state index contributed by atoms with van der Waals surface area (Å²) in [5.74, 6) is 0.813. The van der Waals surface area contributed by atoms with E-state index in [1.54, 1.807) is 23.7 Å². The molecule has 2 aromatic heterocycles. The molecule has 1 atom stereocenters. The molecule has 0 spiro atoms. The third-order valence-electron chi connectivity index (χ3n) is 2.16. The van der Waals surface area contributed by atoms with Crippen LogP contribution in [0.1, 0.15) is 23.7 Å². The van der Waals surface area contributed by atoms with E-state index in [1.807, 2.05) is 12.1 Å². The standard InChI is InChI=1S/C11H12BrN3S/c1-2-13-9(10-8(12)4-7-16-10)11-14-5-3-6-15-11/h3-7,9,13H,2H2,1H3. The van der Waals surface area contributed by atoms with Crippen LogP contribution >= 0.6 is 27.3 Å². The molecule has 2 heterocycles. The monoisotopic (exact) mass is 297 g/mol. The number of rotatable bonds is 4. The van der Waals surface area contributed by atoms with Crippen LogP contribution < -0.4 is 5.32 Å². The van der Waals surface area contributed by atoms with Crippen molar-refractivity contribution in [3.63, 3.8) is 0 Å². The predicted octanol–water partition coefficient (Wildman–Crippen LogP) is 3.00. The van der Waals surface area contributed by atoms with Gasteiger partial charge in [0.2, 0.25) is 0 Å². The highest BCUT2D eigenvalue weighted by atomic mass is 79.9. The minimum atomic E-state index is 0.0700. The second-order valence-electron chi connectivity index (χ2n) is 3.23. The van der Waals surface area contributed by atoms with E-state index in [0.29, 0.717) is 0 Å². The number of aromatic nitrogens is 2. The van der Waals surface area contributed by atoms with Gasteiger partial charge in [0, 0.05) is 21.7 Å². The zero-order valence-electron chi connectivity index (χ0n) is 8.85. The Morgan fingerprint density at radius 1 is 1.44 bits per heavy atom. The molecular weight excluding hydrogens is 286 g/mol. The maximum atomic E-state index is 4.31. The summed E-state index contributed by atoms with van der Waals surface area (Å²) < 4.78 is 1.11. The van der Waals surface area contributed by atoms with E-state index < -0.39 is 0 Å². The summed E-state index contributed by atoms with van der Waals surface area (Å²) >= 11 is 5.25. The molecule has 2 aromatic rings. The molecule has 0 saturated heterocycles. The fraction of sp³-hybridized carbons (Fsp3) is 0.273. The van der Waals surface area contributed by atoms with Crippen molar-refractivity contribution in [2.24, 2.45) is 0 Å². The first kappa shape index (κ1) is 11.7. The Hall–Kier alpha value is -0.780. The van der Waals surface area contributed by atoms with Crippen LogP contribution in [0.4, 0.5) is 0 Å². The van der Waals surface area contributed by atoms with Crippen LogP contribution in [-0.2, 0) is 0 Å². The van der Waals surface area contributed by atoms with Crippen LogP contribution in [0.15, 0.2) is 34.4 Å². The first-order valence-corrected chi connectivity index (χ1v) is 6.73. The van der Waals surface area contributed by atoms with Crippen molar-refractivity contribution in [1.82, 2.24) is 15.3 Å². The van der Waals surface area contributed by atoms with Crippen LogP contribution in [-0.4, -0.2) is 16.5 Å². The highest BCUT2D eigenvalue weighted by Crippen LogP contribution is 2.31. The summed E-state index contributed by atoms with van der Waals surface area (Å²) in [4.78, 5) is 9.83. The molecule has 0 fully saturated rings. The summed E-state index contributed by atoms with van der Waals surface area (Å²) in [6.07, 6.45) is 3.54. The fourth-order valence-electron chi connectivity index (χ4n) is 1.48. The maximum absolute atomic E-state index is 4.31. The van der Waals surface area contributed by atoms with Gasteiger partial charge in [0.25, 0.3) is 0 Å². The van der Waals surface area contributed by atoms with E-state index in [4.69, 9.17) is 0 Å². The number of nitrogens with zero attached hydrogens (tertiary/aromatic N) is 2. The Morgan fingerprint density at radius 2 is 2.19 bits per heavy atom. The van der Waals surface area contributed by atoms with E-state index in [9.17, 15) is 0 Å². The average molecular weight is 298 g/mol. The Balaban J connectivity index is 2.35. The molecule has 84 valence electrons. The number of hydrogen-bond acceptors (Lipinski definition) is 4. The Kier molecular flexibility index (Phi) is 4.04. The Bertz CT molecular complexity index is 444. The molecule has 16 heavy (non-hydrogen) atoms. The normalized spacial score (nSPS) is 12.6. The molecule has 5 heteroatoms. The molecule has 0 aliphatic rings. The molecule has 1 unspecified atom stereocenters. The summed E-state index contributed by atoms with van der Waals surface area (Å²) in [7, 11) is 0. The number of halogens is 1. The van der Waals surface area contributed by atoms with Gasteiger partial charge in [-0.15, -0.1) is 11.3 Å². The third-order valence-corrected chi connectivity index (χ3v) is 4.09. The minimum Gasteiger partial charge on any atom is -0.303 e. The van der Waals surface area contributed by atoms with Crippen molar-refractivity contribution in [2.75, 3.05) is 6.54 Å². The van der Waals surface area contributed by atoms with Gasteiger partial charge in [0.1, 0.15) is 11.9 Å². The van der Waals surface area contributed by atoms with E-state index in [-0.39, 0.29) is 6.04 Å². The van der Waals surface area contributed by atoms with E-state index in [1.165, 1.54) is 4.88 Å². The third kappa shape index (κ3) is 2.48. The van der Waals surface area contributed by atoms with Gasteiger partial charge in [0.15, 0.2) is 0 Å². The SMILES string of the molecule is CCNC(c1ncccn1)c1sccc1Br. The van der Waals surface area contributed by atoms with Gasteiger partial charge in [-0.25, -0.2) is 9.97 Å². The van der Waals surface area contributed by atoms with Gasteiger partial charge in [-0.1, -0.05) is 6.92 Å². The Morgan fingerprint density at radius 3 is 2.75 bits per heavy atom. The van der Waals surface area contributed by atoms with Gasteiger partial charge < -0.3 is 5.32 Å². The number of hydrogen-bond donors (Lipinski definition) is 1. The fourth-order valence-corrected chi connectivity index (χ4v) is 3.15. The van der Waals surface area contributed by atoms with Gasteiger partial charge >= 0.3 is 0 Å². The van der Waals surface area contributed by atoms with Crippen molar-refractivity contribution in [2.45, 2.75) is 13.0 Å². The van der Waals surface area contributed by atoms with E-state index >= 15 is 0 Å². The molecule has 0 bridgehead atoms. The largest absolute Gasteiger partial charge is 0.303 e. The van der Waals surface area contributed by atoms with Gasteiger partial charge in [0.05, 0.1) is 0 Å². The smallest absolute Gasteiger partial charge is 0.150 e. The number of nitrogens with one attached hydrogen (secondary N) is 1. The summed E-state index contributed by atoms with van der Waals surface area (Å²) in [5.41, 5.74) is 0. The van der Waals surface area contributed by atoms with Crippen molar-refractivity contribution in [1.29, 1.82) is 0 Å². The van der Waals surface area contributed by atoms with Crippen molar-refractivity contribution in [3.8, 4) is 0 Å². The van der Waals surface area contributed by atoms with Crippen molar-refractivity contribution in [3.05, 3.63) is 45.1 Å². The first-order valence-electron chi connectivity index (χ1n) is 5.06. The lowest BCUT2D eigenvalue weighted by Crippen LogP contribution is -2.23. The molecule has 3 nitrogen and oxygen atoms in total. The molecule has 0 amide bonds. The second kappa shape index (κ2) is 5.52. The quantitative estimate of drug-likeness (QED) is 0.943. The van der Waals surface area contributed by atoms with E-state index in [2.05, 4.69) is 43.5 Å². The lowest BCUT2D eigenvalue weighted by Gasteiger charge is -2.15. The summed E-state index contributed by atoms with van der Waals surface area (Å²) in [6, 6.07) is 3.95. The maximum Gasteiger partial charge on any atom is 0.150 e. The van der Waals surface area contributed by atoms with Crippen LogP contribution in [0.3, 0.4) is 0 Å². The number of thiophene rings is 1. The molecule has 0 saturated carbocycles. The topological polar surface area (TPSA) is 37.8 Å². The van der Waals surface area contributed by atoms with Crippen LogP contribution in [0.25, 0.3) is 0 Å². The highest BCUT2D eigenvalue weighted by molar-refractivity contribution is 9.10. The molecule has 0 aliphatic carbocycles. The zero-order valence-corrected chi connectivity index (χ0v) is 11.3. The van der Waals surface area contributed by atoms with Crippen LogP contribution in [0.2, 0.25) is 0 Å². The molecule has 0 radical (unpaired) electrons. The van der Waals surface area contributed by atoms with Gasteiger partial charge in [-0.3, -0.25) is 0 Å². The zero-order chi connectivity index (χ0) is 11.4.